The van der Waals surface area contributed by atoms with Crippen molar-refractivity contribution in [2.75, 3.05) is 26.2 Å². The molecular weight excluding hydrogens is 255 g/mol. The third kappa shape index (κ3) is 2.89. The van der Waals surface area contributed by atoms with Crippen LogP contribution in [0.3, 0.4) is 0 Å². The summed E-state index contributed by atoms with van der Waals surface area (Å²) in [4.78, 5) is 10.4. The fourth-order valence-electron chi connectivity index (χ4n) is 2.57. The predicted octanol–water partition coefficient (Wildman–Crippen LogP) is 1.93. The molecule has 0 saturated carbocycles. The molecule has 2 N–H and O–H groups in total. The highest BCUT2D eigenvalue weighted by atomic mass is 19.1. The van der Waals surface area contributed by atoms with Gasteiger partial charge in [-0.05, 0) is 31.2 Å². The SMILES string of the molecule is Cc1[nH]c(CN2CCNCC2)nc1-c1ccc(F)cc1. The fourth-order valence-corrected chi connectivity index (χ4v) is 2.57. The summed E-state index contributed by atoms with van der Waals surface area (Å²) in [6, 6.07) is 6.49. The van der Waals surface area contributed by atoms with Gasteiger partial charge >= 0.3 is 0 Å². The number of nitrogens with zero attached hydrogens (tertiary/aromatic N) is 2. The van der Waals surface area contributed by atoms with E-state index >= 15 is 0 Å². The van der Waals surface area contributed by atoms with Crippen LogP contribution in [-0.4, -0.2) is 41.0 Å². The van der Waals surface area contributed by atoms with Crippen LogP contribution in [0.4, 0.5) is 4.39 Å². The van der Waals surface area contributed by atoms with Gasteiger partial charge in [-0.1, -0.05) is 0 Å². The summed E-state index contributed by atoms with van der Waals surface area (Å²) in [5.74, 6) is 0.756. The van der Waals surface area contributed by atoms with Gasteiger partial charge in [0.1, 0.15) is 11.6 Å². The van der Waals surface area contributed by atoms with Gasteiger partial charge in [-0.3, -0.25) is 4.90 Å². The van der Waals surface area contributed by atoms with Crippen LogP contribution in [0.2, 0.25) is 0 Å². The molecule has 3 rings (SSSR count). The van der Waals surface area contributed by atoms with Crippen LogP contribution >= 0.6 is 0 Å². The van der Waals surface area contributed by atoms with Crippen molar-refractivity contribution in [2.45, 2.75) is 13.5 Å². The average molecular weight is 274 g/mol. The van der Waals surface area contributed by atoms with E-state index in [4.69, 9.17) is 0 Å². The van der Waals surface area contributed by atoms with Crippen molar-refractivity contribution >= 4 is 0 Å². The summed E-state index contributed by atoms with van der Waals surface area (Å²) in [5.41, 5.74) is 2.89. The Bertz CT molecular complexity index is 570. The maximum Gasteiger partial charge on any atom is 0.123 e. The number of imidazole rings is 1. The number of aromatic amines is 1. The number of nitrogens with one attached hydrogen (secondary N) is 2. The molecular formula is C15H19FN4. The number of benzene rings is 1. The maximum atomic E-state index is 13.0. The molecule has 106 valence electrons. The van der Waals surface area contributed by atoms with Crippen LogP contribution in [0.15, 0.2) is 24.3 Å². The monoisotopic (exact) mass is 274 g/mol. The fraction of sp³-hybridized carbons (Fsp3) is 0.400. The minimum atomic E-state index is -0.219. The average Bonchev–Trinajstić information content (AvgIpc) is 2.81. The topological polar surface area (TPSA) is 44.0 Å². The van der Waals surface area contributed by atoms with Crippen molar-refractivity contribution in [3.63, 3.8) is 0 Å². The van der Waals surface area contributed by atoms with Crippen LogP contribution in [0, 0.1) is 12.7 Å². The molecule has 2 heterocycles. The molecule has 4 nitrogen and oxygen atoms in total. The van der Waals surface area contributed by atoms with Gasteiger partial charge < -0.3 is 10.3 Å². The molecule has 0 aliphatic carbocycles. The number of aryl methyl sites for hydroxylation is 1. The summed E-state index contributed by atoms with van der Waals surface area (Å²) in [7, 11) is 0. The minimum absolute atomic E-state index is 0.219. The molecule has 1 aliphatic heterocycles. The van der Waals surface area contributed by atoms with Crippen LogP contribution in [0.25, 0.3) is 11.3 Å². The number of hydrogen-bond donors (Lipinski definition) is 2. The van der Waals surface area contributed by atoms with E-state index < -0.39 is 0 Å². The molecule has 0 bridgehead atoms. The van der Waals surface area contributed by atoms with E-state index in [9.17, 15) is 4.39 Å². The minimum Gasteiger partial charge on any atom is -0.344 e. The zero-order valence-electron chi connectivity index (χ0n) is 11.6. The lowest BCUT2D eigenvalue weighted by Crippen LogP contribution is -2.43. The second kappa shape index (κ2) is 5.73. The first kappa shape index (κ1) is 13.3. The van der Waals surface area contributed by atoms with Crippen LogP contribution in [-0.2, 0) is 6.54 Å². The number of hydrogen-bond acceptors (Lipinski definition) is 3. The zero-order chi connectivity index (χ0) is 13.9. The lowest BCUT2D eigenvalue weighted by molar-refractivity contribution is 0.228. The molecule has 0 amide bonds. The van der Waals surface area contributed by atoms with E-state index in [2.05, 4.69) is 20.2 Å². The van der Waals surface area contributed by atoms with Gasteiger partial charge in [0.2, 0.25) is 0 Å². The van der Waals surface area contributed by atoms with Crippen molar-refractivity contribution in [2.24, 2.45) is 0 Å². The van der Waals surface area contributed by atoms with Crippen LogP contribution < -0.4 is 5.32 Å². The Morgan fingerprint density at radius 2 is 1.90 bits per heavy atom. The summed E-state index contributed by atoms with van der Waals surface area (Å²) >= 11 is 0. The third-order valence-electron chi connectivity index (χ3n) is 3.63. The quantitative estimate of drug-likeness (QED) is 0.899. The first-order chi connectivity index (χ1) is 9.72. The predicted molar refractivity (Wildman–Crippen MR) is 76.9 cm³/mol. The number of H-pyrrole nitrogens is 1. The molecule has 0 unspecified atom stereocenters. The Morgan fingerprint density at radius 1 is 1.20 bits per heavy atom. The molecule has 1 saturated heterocycles. The molecule has 1 fully saturated rings. The van der Waals surface area contributed by atoms with Crippen molar-refractivity contribution < 1.29 is 4.39 Å². The largest absolute Gasteiger partial charge is 0.344 e. The normalized spacial score (nSPS) is 16.5. The van der Waals surface area contributed by atoms with E-state index in [1.54, 1.807) is 12.1 Å². The molecule has 1 aromatic carbocycles. The van der Waals surface area contributed by atoms with E-state index in [0.717, 1.165) is 55.5 Å². The molecule has 5 heteroatoms. The maximum absolute atomic E-state index is 13.0. The lowest BCUT2D eigenvalue weighted by Gasteiger charge is -2.26. The van der Waals surface area contributed by atoms with Gasteiger partial charge in [0.15, 0.2) is 0 Å². The van der Waals surface area contributed by atoms with E-state index in [1.165, 1.54) is 12.1 Å². The van der Waals surface area contributed by atoms with Gasteiger partial charge in [0.05, 0.1) is 12.2 Å². The Kier molecular flexibility index (Phi) is 3.80. The summed E-state index contributed by atoms with van der Waals surface area (Å²) in [6.07, 6.45) is 0. The van der Waals surface area contributed by atoms with Gasteiger partial charge in [0, 0.05) is 37.4 Å². The van der Waals surface area contributed by atoms with E-state index in [0.29, 0.717) is 0 Å². The van der Waals surface area contributed by atoms with Gasteiger partial charge in [-0.2, -0.15) is 0 Å². The Balaban J connectivity index is 1.78. The number of rotatable bonds is 3. The second-order valence-corrected chi connectivity index (χ2v) is 5.19. The molecule has 1 aliphatic rings. The Hall–Kier alpha value is -1.72. The third-order valence-corrected chi connectivity index (χ3v) is 3.63. The first-order valence-corrected chi connectivity index (χ1v) is 6.97. The van der Waals surface area contributed by atoms with Crippen molar-refractivity contribution in [3.8, 4) is 11.3 Å². The molecule has 1 aromatic heterocycles. The Morgan fingerprint density at radius 3 is 2.60 bits per heavy atom. The van der Waals surface area contributed by atoms with Gasteiger partial charge in [-0.25, -0.2) is 9.37 Å². The summed E-state index contributed by atoms with van der Waals surface area (Å²) in [5, 5.41) is 3.34. The highest BCUT2D eigenvalue weighted by molar-refractivity contribution is 5.61. The highest BCUT2D eigenvalue weighted by Crippen LogP contribution is 2.21. The van der Waals surface area contributed by atoms with Crippen molar-refractivity contribution in [3.05, 3.63) is 41.6 Å². The zero-order valence-corrected chi connectivity index (χ0v) is 11.6. The standard InChI is InChI=1S/C15H19FN4/c1-11-15(12-2-4-13(16)5-3-12)19-14(18-11)10-20-8-6-17-7-9-20/h2-5,17H,6-10H2,1H3,(H,18,19). The summed E-state index contributed by atoms with van der Waals surface area (Å²) < 4.78 is 13.0. The van der Waals surface area contributed by atoms with Gasteiger partial charge in [-0.15, -0.1) is 0 Å². The van der Waals surface area contributed by atoms with Gasteiger partial charge in [0.25, 0.3) is 0 Å². The molecule has 20 heavy (non-hydrogen) atoms. The lowest BCUT2D eigenvalue weighted by atomic mass is 10.1. The van der Waals surface area contributed by atoms with Crippen LogP contribution in [0.1, 0.15) is 11.5 Å². The number of piperazine rings is 1. The molecule has 0 radical (unpaired) electrons. The first-order valence-electron chi connectivity index (χ1n) is 6.97. The van der Waals surface area contributed by atoms with E-state index in [-0.39, 0.29) is 5.82 Å². The highest BCUT2D eigenvalue weighted by Gasteiger charge is 2.14. The second-order valence-electron chi connectivity index (χ2n) is 5.19. The summed E-state index contributed by atoms with van der Waals surface area (Å²) in [6.45, 7) is 7.00. The van der Waals surface area contributed by atoms with Crippen molar-refractivity contribution in [1.82, 2.24) is 20.2 Å². The molecule has 0 atom stereocenters. The Labute approximate surface area is 118 Å². The number of halogens is 1. The van der Waals surface area contributed by atoms with Crippen LogP contribution in [0.5, 0.6) is 0 Å². The smallest absolute Gasteiger partial charge is 0.123 e. The van der Waals surface area contributed by atoms with Crippen molar-refractivity contribution in [1.29, 1.82) is 0 Å². The number of aromatic nitrogens is 2. The van der Waals surface area contributed by atoms with E-state index in [1.807, 2.05) is 6.92 Å². The molecule has 0 spiro atoms. The molecule has 2 aromatic rings.